The average molecular weight is 378 g/mol. The maximum Gasteiger partial charge on any atom is 0.223 e. The van der Waals surface area contributed by atoms with Gasteiger partial charge in [-0.05, 0) is 39.9 Å². The molecule has 0 aromatic carbocycles. The number of fused-ring (bicyclic) bond motifs is 1. The van der Waals surface area contributed by atoms with E-state index in [1.807, 2.05) is 47.1 Å². The molecule has 0 unspecified atom stereocenters. The van der Waals surface area contributed by atoms with Crippen molar-refractivity contribution < 1.29 is 9.90 Å². The van der Waals surface area contributed by atoms with Gasteiger partial charge in [-0.3, -0.25) is 9.48 Å². The van der Waals surface area contributed by atoms with Gasteiger partial charge in [-0.1, -0.05) is 0 Å². The molecule has 26 heavy (non-hydrogen) atoms. The number of aromatic nitrogens is 3. The summed E-state index contributed by atoms with van der Waals surface area (Å²) in [5, 5.41) is 14.8. The largest absolute Gasteiger partial charge is 0.385 e. The fourth-order valence-electron chi connectivity index (χ4n) is 3.24. The van der Waals surface area contributed by atoms with Crippen LogP contribution >= 0.6 is 11.3 Å². The number of hydrogen-bond acceptors (Lipinski definition) is 6. The molecule has 7 nitrogen and oxygen atoms in total. The molecule has 0 saturated carbocycles. The van der Waals surface area contributed by atoms with Crippen LogP contribution in [-0.4, -0.2) is 62.8 Å². The Hall–Kier alpha value is -1.77. The molecule has 8 heteroatoms. The summed E-state index contributed by atoms with van der Waals surface area (Å²) in [5.41, 5.74) is 4.54. The number of nitrogens with zero attached hydrogens (tertiary/aromatic N) is 5. The van der Waals surface area contributed by atoms with Crippen LogP contribution in [0.25, 0.3) is 0 Å². The van der Waals surface area contributed by atoms with Gasteiger partial charge in [0.2, 0.25) is 5.91 Å². The van der Waals surface area contributed by atoms with Gasteiger partial charge in [0.1, 0.15) is 6.10 Å². The molecule has 2 aromatic heterocycles. The molecule has 3 heterocycles. The number of hydrogen-bond donors (Lipinski definition) is 1. The highest BCUT2D eigenvalue weighted by Crippen LogP contribution is 2.20. The van der Waals surface area contributed by atoms with Crippen LogP contribution in [-0.2, 0) is 24.3 Å². The Kier molecular flexibility index (Phi) is 6.05. The van der Waals surface area contributed by atoms with E-state index < -0.39 is 6.10 Å². The van der Waals surface area contributed by atoms with Crippen molar-refractivity contribution in [3.8, 4) is 0 Å². The molecule has 1 amide bonds. The molecule has 0 saturated heterocycles. The second-order valence-corrected chi connectivity index (χ2v) is 8.03. The van der Waals surface area contributed by atoms with E-state index in [1.54, 1.807) is 11.3 Å². The molecule has 0 radical (unpaired) electrons. The molecule has 3 rings (SSSR count). The van der Waals surface area contributed by atoms with Gasteiger partial charge in [-0.2, -0.15) is 5.10 Å². The second-order valence-electron chi connectivity index (χ2n) is 7.09. The summed E-state index contributed by atoms with van der Waals surface area (Å²) in [6.07, 6.45) is 1.52. The van der Waals surface area contributed by atoms with E-state index in [0.717, 1.165) is 37.3 Å². The summed E-state index contributed by atoms with van der Waals surface area (Å²) in [5.74, 6) is 0.169. The van der Waals surface area contributed by atoms with E-state index in [4.69, 9.17) is 0 Å². The van der Waals surface area contributed by atoms with E-state index >= 15 is 0 Å². The minimum Gasteiger partial charge on any atom is -0.385 e. The standard InChI is InChI=1S/C18H27N5O2S/c1-13-17(26-12-19-13)5-6-18(25)22-7-4-8-23-14(10-22)9-15(20-23)16(24)11-21(2)3/h9,12,16,24H,4-8,10-11H2,1-3H3/t16-/m1/s1. The van der Waals surface area contributed by atoms with Crippen molar-refractivity contribution in [1.29, 1.82) is 0 Å². The number of amides is 1. The zero-order valence-corrected chi connectivity index (χ0v) is 16.5. The molecular formula is C18H27N5O2S. The van der Waals surface area contributed by atoms with Gasteiger partial charge in [-0.25, -0.2) is 4.98 Å². The number of rotatable bonds is 6. The molecule has 0 fully saturated rings. The molecule has 1 N–H and O–H groups in total. The van der Waals surface area contributed by atoms with Crippen molar-refractivity contribution in [2.45, 2.75) is 45.4 Å². The zero-order chi connectivity index (χ0) is 18.7. The van der Waals surface area contributed by atoms with E-state index in [9.17, 15) is 9.90 Å². The highest BCUT2D eigenvalue weighted by Gasteiger charge is 2.22. The summed E-state index contributed by atoms with van der Waals surface area (Å²) in [6, 6.07) is 1.94. The van der Waals surface area contributed by atoms with Gasteiger partial charge in [-0.15, -0.1) is 11.3 Å². The molecule has 0 bridgehead atoms. The van der Waals surface area contributed by atoms with Gasteiger partial charge in [0, 0.05) is 30.9 Å². The monoisotopic (exact) mass is 377 g/mol. The highest BCUT2D eigenvalue weighted by atomic mass is 32.1. The van der Waals surface area contributed by atoms with Gasteiger partial charge in [0.25, 0.3) is 0 Å². The number of aryl methyl sites for hydroxylation is 3. The van der Waals surface area contributed by atoms with Gasteiger partial charge >= 0.3 is 0 Å². The Morgan fingerprint density at radius 3 is 2.92 bits per heavy atom. The second kappa shape index (κ2) is 8.28. The van der Waals surface area contributed by atoms with Crippen LogP contribution in [0, 0.1) is 6.92 Å². The topological polar surface area (TPSA) is 74.5 Å². The number of aliphatic hydroxyl groups excluding tert-OH is 1. The first-order chi connectivity index (χ1) is 12.4. The molecule has 142 valence electrons. The van der Waals surface area contributed by atoms with Crippen LogP contribution in [0.4, 0.5) is 0 Å². The predicted octanol–water partition coefficient (Wildman–Crippen LogP) is 1.61. The lowest BCUT2D eigenvalue weighted by atomic mass is 10.2. The number of carbonyl (C=O) groups is 1. The van der Waals surface area contributed by atoms with Crippen molar-refractivity contribution in [3.05, 3.63) is 33.5 Å². The Labute approximate surface area is 158 Å². The molecule has 0 aliphatic carbocycles. The fourth-order valence-corrected chi connectivity index (χ4v) is 4.03. The number of likely N-dealkylation sites (N-methyl/N-ethyl adjacent to an activating group) is 1. The van der Waals surface area contributed by atoms with Gasteiger partial charge in [0.05, 0.1) is 29.1 Å². The van der Waals surface area contributed by atoms with Gasteiger partial charge in [0.15, 0.2) is 0 Å². The lowest BCUT2D eigenvalue weighted by Crippen LogP contribution is -2.30. The first-order valence-corrected chi connectivity index (χ1v) is 9.88. The minimum absolute atomic E-state index is 0.169. The van der Waals surface area contributed by atoms with E-state index in [1.165, 1.54) is 4.88 Å². The first-order valence-electron chi connectivity index (χ1n) is 9.00. The fraction of sp³-hybridized carbons (Fsp3) is 0.611. The molecule has 0 spiro atoms. The molecule has 1 aliphatic rings. The Bertz CT molecular complexity index is 755. The van der Waals surface area contributed by atoms with E-state index in [-0.39, 0.29) is 5.91 Å². The zero-order valence-electron chi connectivity index (χ0n) is 15.7. The van der Waals surface area contributed by atoms with Crippen LogP contribution in [0.5, 0.6) is 0 Å². The van der Waals surface area contributed by atoms with Crippen LogP contribution < -0.4 is 0 Å². The summed E-state index contributed by atoms with van der Waals surface area (Å²) >= 11 is 1.61. The maximum atomic E-state index is 12.7. The SMILES string of the molecule is Cc1ncsc1CCC(=O)N1CCCn2nc([C@H](O)CN(C)C)cc2C1. The summed E-state index contributed by atoms with van der Waals surface area (Å²) in [4.78, 5) is 22.0. The Morgan fingerprint density at radius 2 is 2.23 bits per heavy atom. The highest BCUT2D eigenvalue weighted by molar-refractivity contribution is 7.09. The van der Waals surface area contributed by atoms with Crippen molar-refractivity contribution in [3.63, 3.8) is 0 Å². The lowest BCUT2D eigenvalue weighted by molar-refractivity contribution is -0.131. The normalized spacial score (nSPS) is 15.8. The molecule has 1 atom stereocenters. The number of aliphatic hydroxyl groups is 1. The van der Waals surface area contributed by atoms with E-state index in [2.05, 4.69) is 10.1 Å². The molecular weight excluding hydrogens is 350 g/mol. The summed E-state index contributed by atoms with van der Waals surface area (Å²) in [6.45, 7) is 4.61. The van der Waals surface area contributed by atoms with Crippen molar-refractivity contribution in [1.82, 2.24) is 24.6 Å². The van der Waals surface area contributed by atoms with Crippen molar-refractivity contribution in [2.24, 2.45) is 0 Å². The number of thiazole rings is 1. The molecule has 2 aromatic rings. The predicted molar refractivity (Wildman–Crippen MR) is 101 cm³/mol. The Morgan fingerprint density at radius 1 is 1.42 bits per heavy atom. The summed E-state index contributed by atoms with van der Waals surface area (Å²) < 4.78 is 1.94. The average Bonchev–Trinajstić information content (AvgIpc) is 3.12. The third-order valence-corrected chi connectivity index (χ3v) is 5.67. The summed E-state index contributed by atoms with van der Waals surface area (Å²) in [7, 11) is 3.85. The Balaban J connectivity index is 1.64. The maximum absolute atomic E-state index is 12.7. The van der Waals surface area contributed by atoms with Gasteiger partial charge < -0.3 is 14.9 Å². The first kappa shape index (κ1) is 19.0. The number of carbonyl (C=O) groups excluding carboxylic acids is 1. The van der Waals surface area contributed by atoms with Crippen LogP contribution in [0.2, 0.25) is 0 Å². The van der Waals surface area contributed by atoms with Crippen LogP contribution in [0.1, 0.15) is 40.9 Å². The van der Waals surface area contributed by atoms with Crippen molar-refractivity contribution >= 4 is 17.2 Å². The minimum atomic E-state index is -0.608. The van der Waals surface area contributed by atoms with Crippen molar-refractivity contribution in [2.75, 3.05) is 27.2 Å². The smallest absolute Gasteiger partial charge is 0.223 e. The lowest BCUT2D eigenvalue weighted by Gasteiger charge is -2.20. The quantitative estimate of drug-likeness (QED) is 0.828. The third-order valence-electron chi connectivity index (χ3n) is 4.68. The molecule has 1 aliphatic heterocycles. The van der Waals surface area contributed by atoms with Crippen LogP contribution in [0.3, 0.4) is 0 Å². The van der Waals surface area contributed by atoms with Crippen LogP contribution in [0.15, 0.2) is 11.6 Å². The third kappa shape index (κ3) is 4.49. The van der Waals surface area contributed by atoms with E-state index in [0.29, 0.717) is 25.2 Å².